The predicted molar refractivity (Wildman–Crippen MR) is 82.2 cm³/mol. The van der Waals surface area contributed by atoms with Gasteiger partial charge < -0.3 is 5.11 Å². The predicted octanol–water partition coefficient (Wildman–Crippen LogP) is 4.06. The van der Waals surface area contributed by atoms with Crippen molar-refractivity contribution in [1.82, 2.24) is 9.38 Å². The number of aryl methyl sites for hydroxylation is 2. The Morgan fingerprint density at radius 2 is 1.82 bits per heavy atom. The molecule has 6 nitrogen and oxygen atoms in total. The number of hydrogen-bond acceptors (Lipinski definition) is 4. The Morgan fingerprint density at radius 1 is 1.09 bits per heavy atom. The van der Waals surface area contributed by atoms with Crippen LogP contribution in [0.2, 0.25) is 0 Å². The quantitative estimate of drug-likeness (QED) is 0.739. The molecule has 0 radical (unpaired) electrons. The van der Waals surface area contributed by atoms with Crippen LogP contribution in [-0.2, 0) is 0 Å². The minimum absolute atomic E-state index is 0.223. The molecule has 22 heavy (non-hydrogen) atoms. The number of benzene rings is 1. The number of azo groups is 1. The highest BCUT2D eigenvalue weighted by atomic mass is 16.4. The van der Waals surface area contributed by atoms with E-state index in [9.17, 15) is 4.79 Å². The Balaban J connectivity index is 1.99. The van der Waals surface area contributed by atoms with E-state index in [1.165, 1.54) is 12.1 Å². The van der Waals surface area contributed by atoms with E-state index in [1.54, 1.807) is 12.1 Å². The molecule has 3 aromatic rings. The topological polar surface area (TPSA) is 79.3 Å². The highest BCUT2D eigenvalue weighted by Gasteiger charge is 2.09. The van der Waals surface area contributed by atoms with Gasteiger partial charge in [-0.3, -0.25) is 4.40 Å². The van der Waals surface area contributed by atoms with Gasteiger partial charge in [0.1, 0.15) is 5.65 Å². The molecule has 0 saturated heterocycles. The number of aromatic nitrogens is 2. The number of rotatable bonds is 3. The van der Waals surface area contributed by atoms with Gasteiger partial charge in [-0.25, -0.2) is 9.78 Å². The Morgan fingerprint density at radius 3 is 2.50 bits per heavy atom. The van der Waals surface area contributed by atoms with Crippen molar-refractivity contribution in [2.24, 2.45) is 10.2 Å². The Bertz CT molecular complexity index is 879. The first-order valence-electron chi connectivity index (χ1n) is 6.76. The fourth-order valence-corrected chi connectivity index (χ4v) is 2.24. The molecule has 0 aliphatic rings. The van der Waals surface area contributed by atoms with E-state index >= 15 is 0 Å². The van der Waals surface area contributed by atoms with Gasteiger partial charge in [0.25, 0.3) is 0 Å². The molecule has 6 heteroatoms. The molecule has 0 aliphatic heterocycles. The number of nitrogens with zero attached hydrogens (tertiary/aromatic N) is 4. The number of imidazole rings is 1. The van der Waals surface area contributed by atoms with Crippen molar-refractivity contribution in [3.05, 3.63) is 59.4 Å². The molecule has 2 heterocycles. The zero-order chi connectivity index (χ0) is 15.7. The summed E-state index contributed by atoms with van der Waals surface area (Å²) in [5, 5.41) is 17.3. The summed E-state index contributed by atoms with van der Waals surface area (Å²) in [6.45, 7) is 3.86. The van der Waals surface area contributed by atoms with Gasteiger partial charge in [0, 0.05) is 5.69 Å². The second-order valence-electron chi connectivity index (χ2n) is 4.93. The molecule has 0 bridgehead atoms. The van der Waals surface area contributed by atoms with Gasteiger partial charge in [-0.2, -0.15) is 0 Å². The largest absolute Gasteiger partial charge is 0.478 e. The Hall–Kier alpha value is -3.02. The highest BCUT2D eigenvalue weighted by Crippen LogP contribution is 2.25. The van der Waals surface area contributed by atoms with Crippen molar-refractivity contribution >= 4 is 23.1 Å². The van der Waals surface area contributed by atoms with Crippen LogP contribution in [0.4, 0.5) is 11.5 Å². The van der Waals surface area contributed by atoms with E-state index in [2.05, 4.69) is 15.2 Å². The molecule has 0 aliphatic carbocycles. The summed E-state index contributed by atoms with van der Waals surface area (Å²) < 4.78 is 1.93. The number of hydrogen-bond donors (Lipinski definition) is 1. The number of pyridine rings is 1. The molecular formula is C16H14N4O2. The standard InChI is InChI=1S/C16H14N4O2/c1-10-4-3-5-14-17-11(2)15(20(10)14)19-18-13-8-6-12(7-9-13)16(21)22/h3-9H,1-2H3,(H,21,22). The second kappa shape index (κ2) is 5.40. The van der Waals surface area contributed by atoms with Gasteiger partial charge in [-0.05, 0) is 50.2 Å². The summed E-state index contributed by atoms with van der Waals surface area (Å²) in [7, 11) is 0. The lowest BCUT2D eigenvalue weighted by Crippen LogP contribution is -1.94. The minimum atomic E-state index is -0.961. The summed E-state index contributed by atoms with van der Waals surface area (Å²) in [5.74, 6) is -0.285. The zero-order valence-corrected chi connectivity index (χ0v) is 12.2. The lowest BCUT2D eigenvalue weighted by atomic mass is 10.2. The molecule has 1 aromatic carbocycles. The van der Waals surface area contributed by atoms with Crippen molar-refractivity contribution in [2.45, 2.75) is 13.8 Å². The molecule has 0 saturated carbocycles. The Kier molecular flexibility index (Phi) is 3.42. The molecule has 0 unspecified atom stereocenters. The third-order valence-electron chi connectivity index (χ3n) is 3.36. The van der Waals surface area contributed by atoms with Crippen LogP contribution in [0.15, 0.2) is 52.7 Å². The minimum Gasteiger partial charge on any atom is -0.478 e. The third kappa shape index (κ3) is 2.46. The van der Waals surface area contributed by atoms with E-state index in [0.717, 1.165) is 17.0 Å². The smallest absolute Gasteiger partial charge is 0.335 e. The highest BCUT2D eigenvalue weighted by molar-refractivity contribution is 5.87. The van der Waals surface area contributed by atoms with Crippen LogP contribution >= 0.6 is 0 Å². The van der Waals surface area contributed by atoms with Gasteiger partial charge in [-0.1, -0.05) is 6.07 Å². The second-order valence-corrected chi connectivity index (χ2v) is 4.93. The molecule has 0 amide bonds. The lowest BCUT2D eigenvalue weighted by molar-refractivity contribution is 0.0697. The van der Waals surface area contributed by atoms with Crippen molar-refractivity contribution in [3.63, 3.8) is 0 Å². The average molecular weight is 294 g/mol. The summed E-state index contributed by atoms with van der Waals surface area (Å²) in [5.41, 5.74) is 3.45. The average Bonchev–Trinajstić information content (AvgIpc) is 2.82. The summed E-state index contributed by atoms with van der Waals surface area (Å²) in [4.78, 5) is 15.3. The number of aromatic carboxylic acids is 1. The summed E-state index contributed by atoms with van der Waals surface area (Å²) in [6, 6.07) is 12.1. The first-order valence-corrected chi connectivity index (χ1v) is 6.76. The number of carbonyl (C=O) groups is 1. The van der Waals surface area contributed by atoms with Crippen LogP contribution < -0.4 is 0 Å². The fraction of sp³-hybridized carbons (Fsp3) is 0.125. The number of carboxylic acid groups (broad SMARTS) is 1. The van der Waals surface area contributed by atoms with E-state index in [1.807, 2.05) is 36.4 Å². The summed E-state index contributed by atoms with van der Waals surface area (Å²) in [6.07, 6.45) is 0. The van der Waals surface area contributed by atoms with Gasteiger partial charge in [-0.15, -0.1) is 10.2 Å². The molecule has 2 aromatic heterocycles. The van der Waals surface area contributed by atoms with Crippen LogP contribution in [0.3, 0.4) is 0 Å². The molecular weight excluding hydrogens is 280 g/mol. The number of carboxylic acids is 1. The summed E-state index contributed by atoms with van der Waals surface area (Å²) >= 11 is 0. The van der Waals surface area contributed by atoms with E-state index in [4.69, 9.17) is 5.11 Å². The van der Waals surface area contributed by atoms with Crippen LogP contribution in [-0.4, -0.2) is 20.5 Å². The van der Waals surface area contributed by atoms with Crippen LogP contribution in [0.25, 0.3) is 5.65 Å². The van der Waals surface area contributed by atoms with Crippen molar-refractivity contribution in [1.29, 1.82) is 0 Å². The molecule has 3 rings (SSSR count). The maximum atomic E-state index is 10.8. The fourth-order valence-electron chi connectivity index (χ4n) is 2.24. The van der Waals surface area contributed by atoms with Gasteiger partial charge >= 0.3 is 5.97 Å². The Labute approximate surface area is 126 Å². The lowest BCUT2D eigenvalue weighted by Gasteiger charge is -2.01. The van der Waals surface area contributed by atoms with E-state index in [0.29, 0.717) is 11.5 Å². The van der Waals surface area contributed by atoms with Crippen LogP contribution in [0.5, 0.6) is 0 Å². The molecule has 110 valence electrons. The van der Waals surface area contributed by atoms with Crippen LogP contribution in [0.1, 0.15) is 21.7 Å². The third-order valence-corrected chi connectivity index (χ3v) is 3.36. The van der Waals surface area contributed by atoms with Gasteiger partial charge in [0.05, 0.1) is 16.9 Å². The normalized spacial score (nSPS) is 11.4. The molecule has 0 atom stereocenters. The van der Waals surface area contributed by atoms with E-state index < -0.39 is 5.97 Å². The number of fused-ring (bicyclic) bond motifs is 1. The monoisotopic (exact) mass is 294 g/mol. The van der Waals surface area contributed by atoms with Crippen LogP contribution in [0, 0.1) is 13.8 Å². The van der Waals surface area contributed by atoms with Crippen molar-refractivity contribution in [2.75, 3.05) is 0 Å². The van der Waals surface area contributed by atoms with Gasteiger partial charge in [0.15, 0.2) is 5.82 Å². The first kappa shape index (κ1) is 13.9. The maximum Gasteiger partial charge on any atom is 0.335 e. The zero-order valence-electron chi connectivity index (χ0n) is 12.2. The van der Waals surface area contributed by atoms with Crippen molar-refractivity contribution in [3.8, 4) is 0 Å². The SMILES string of the molecule is Cc1nc2cccc(C)n2c1N=Nc1ccc(C(=O)O)cc1. The van der Waals surface area contributed by atoms with E-state index in [-0.39, 0.29) is 5.56 Å². The molecule has 1 N–H and O–H groups in total. The van der Waals surface area contributed by atoms with Gasteiger partial charge in [0.2, 0.25) is 0 Å². The molecule has 0 spiro atoms. The first-order chi connectivity index (χ1) is 10.6. The molecule has 0 fully saturated rings. The maximum absolute atomic E-state index is 10.8. The van der Waals surface area contributed by atoms with Crippen molar-refractivity contribution < 1.29 is 9.90 Å².